The summed E-state index contributed by atoms with van der Waals surface area (Å²) in [4.78, 5) is 0. The number of benzene rings is 4. The van der Waals surface area contributed by atoms with Crippen molar-refractivity contribution in [3.63, 3.8) is 0 Å². The highest BCUT2D eigenvalue weighted by atomic mass is 79.9. The molecule has 0 aliphatic heterocycles. The first-order valence-electron chi connectivity index (χ1n) is 10.8. The summed E-state index contributed by atoms with van der Waals surface area (Å²) in [6, 6.07) is 30.6. The number of nitrogens with zero attached hydrogens (tertiary/aromatic N) is 1. The number of hydrogen-bond donors (Lipinski definition) is 4. The Balaban J connectivity index is 1.67. The van der Waals surface area contributed by atoms with Crippen molar-refractivity contribution in [3.8, 4) is 5.75 Å². The lowest BCUT2D eigenvalue weighted by molar-refractivity contribution is 0.473. The first-order valence-corrected chi connectivity index (χ1v) is 11.6. The normalized spacial score (nSPS) is 12.2. The fourth-order valence-corrected chi connectivity index (χ4v) is 3.79. The molecule has 0 aliphatic carbocycles. The molecule has 0 radical (unpaired) electrons. The number of phenols is 1. The molecular weight excluding hydrogens is 495 g/mol. The predicted molar refractivity (Wildman–Crippen MR) is 139 cm³/mol. The minimum Gasteiger partial charge on any atom is -0.507 e. The van der Waals surface area contributed by atoms with E-state index < -0.39 is 0 Å². The second kappa shape index (κ2) is 11.4. The van der Waals surface area contributed by atoms with Gasteiger partial charge in [-0.05, 0) is 60.2 Å². The largest absolute Gasteiger partial charge is 0.507 e. The van der Waals surface area contributed by atoms with Gasteiger partial charge in [-0.1, -0.05) is 64.5 Å². The maximum Gasteiger partial charge on any atom is 0.124 e. The fraction of sp³-hybridized carbons (Fsp3) is 0.0741. The molecule has 0 unspecified atom stereocenters. The lowest BCUT2D eigenvalue weighted by Crippen LogP contribution is -2.29. The van der Waals surface area contributed by atoms with Gasteiger partial charge in [-0.2, -0.15) is 5.10 Å². The monoisotopic (exact) mass is 518 g/mol. The van der Waals surface area contributed by atoms with E-state index in [9.17, 15) is 9.50 Å². The van der Waals surface area contributed by atoms with Crippen molar-refractivity contribution in [2.45, 2.75) is 12.5 Å². The summed E-state index contributed by atoms with van der Waals surface area (Å²) < 4.78 is 14.4. The van der Waals surface area contributed by atoms with Gasteiger partial charge < -0.3 is 10.5 Å². The molecule has 0 spiro atoms. The summed E-state index contributed by atoms with van der Waals surface area (Å²) in [6.45, 7) is 0. The Bertz CT molecular complexity index is 1230. The van der Waals surface area contributed by atoms with Crippen LogP contribution in [0.4, 0.5) is 15.8 Å². The smallest absolute Gasteiger partial charge is 0.124 e. The van der Waals surface area contributed by atoms with Gasteiger partial charge in [0.25, 0.3) is 0 Å². The quantitative estimate of drug-likeness (QED) is 0.144. The van der Waals surface area contributed by atoms with E-state index in [4.69, 9.17) is 0 Å². The van der Waals surface area contributed by atoms with E-state index in [2.05, 4.69) is 37.3 Å². The number of hydrogen-bond acceptors (Lipinski definition) is 5. The number of hydrazine groups is 1. The van der Waals surface area contributed by atoms with Crippen LogP contribution in [0.3, 0.4) is 0 Å². The average molecular weight is 519 g/mol. The molecule has 0 aliphatic rings. The van der Waals surface area contributed by atoms with Crippen molar-refractivity contribution >= 4 is 33.0 Å². The zero-order chi connectivity index (χ0) is 23.8. The van der Waals surface area contributed by atoms with E-state index in [-0.39, 0.29) is 17.6 Å². The number of aromatic hydroxyl groups is 1. The van der Waals surface area contributed by atoms with Crippen molar-refractivity contribution in [2.24, 2.45) is 5.10 Å². The first-order chi connectivity index (χ1) is 16.6. The van der Waals surface area contributed by atoms with E-state index in [1.54, 1.807) is 24.3 Å². The predicted octanol–water partition coefficient (Wildman–Crippen LogP) is 6.86. The Labute approximate surface area is 206 Å². The molecule has 0 saturated heterocycles. The fourth-order valence-electron chi connectivity index (χ4n) is 3.43. The van der Waals surface area contributed by atoms with Crippen LogP contribution >= 0.6 is 15.9 Å². The van der Waals surface area contributed by atoms with Gasteiger partial charge in [0.1, 0.15) is 11.6 Å². The molecule has 4 aromatic carbocycles. The van der Waals surface area contributed by atoms with Crippen LogP contribution in [0.25, 0.3) is 0 Å². The standard InChI is InChI=1S/C27H24BrFN4O/c28-20-13-16-27(34)24(17-20)26(33-31-23-9-5-2-6-10-23)18-25(19-11-14-21(29)15-12-19)32-30-22-7-3-1-4-8-22/h1-17,25,30-32,34H,18H2/b33-26+/t25-/m1/s1. The van der Waals surface area contributed by atoms with Crippen LogP contribution in [0.5, 0.6) is 5.75 Å². The number of halogens is 2. The Hall–Kier alpha value is -3.68. The zero-order valence-electron chi connectivity index (χ0n) is 18.2. The summed E-state index contributed by atoms with van der Waals surface area (Å²) in [5.74, 6) is -0.187. The molecule has 1 atom stereocenters. The van der Waals surface area contributed by atoms with E-state index in [0.717, 1.165) is 21.4 Å². The summed E-state index contributed by atoms with van der Waals surface area (Å²) >= 11 is 3.48. The maximum absolute atomic E-state index is 13.6. The number of anilines is 2. The highest BCUT2D eigenvalue weighted by Gasteiger charge is 2.19. The third-order valence-corrected chi connectivity index (χ3v) is 5.69. The van der Waals surface area contributed by atoms with Crippen molar-refractivity contribution in [3.05, 3.63) is 125 Å². The molecule has 34 heavy (non-hydrogen) atoms. The molecule has 0 fully saturated rings. The van der Waals surface area contributed by atoms with E-state index in [0.29, 0.717) is 17.7 Å². The molecule has 5 nitrogen and oxygen atoms in total. The van der Waals surface area contributed by atoms with Crippen LogP contribution in [-0.2, 0) is 0 Å². The number of rotatable bonds is 9. The third-order valence-electron chi connectivity index (χ3n) is 5.20. The Morgan fingerprint density at radius 2 is 1.50 bits per heavy atom. The van der Waals surface area contributed by atoms with Crippen molar-refractivity contribution in [1.82, 2.24) is 5.43 Å². The summed E-state index contributed by atoms with van der Waals surface area (Å²) in [7, 11) is 0. The number of para-hydroxylation sites is 2. The minimum absolute atomic E-state index is 0.116. The summed E-state index contributed by atoms with van der Waals surface area (Å²) in [6.07, 6.45) is 0.398. The van der Waals surface area contributed by atoms with Gasteiger partial charge in [-0.3, -0.25) is 5.43 Å². The van der Waals surface area contributed by atoms with E-state index in [1.807, 2.05) is 66.7 Å². The van der Waals surface area contributed by atoms with Gasteiger partial charge in [0.15, 0.2) is 0 Å². The van der Waals surface area contributed by atoms with Gasteiger partial charge in [0.05, 0.1) is 17.4 Å². The Kier molecular flexibility index (Phi) is 7.91. The number of phenolic OH excluding ortho intramolecular Hbond substituents is 1. The molecule has 7 heteroatoms. The number of hydrazone groups is 1. The summed E-state index contributed by atoms with van der Waals surface area (Å²) in [5.41, 5.74) is 13.4. The van der Waals surface area contributed by atoms with Crippen LogP contribution in [0.2, 0.25) is 0 Å². The average Bonchev–Trinajstić information content (AvgIpc) is 2.87. The van der Waals surface area contributed by atoms with Gasteiger partial charge in [0, 0.05) is 22.1 Å². The molecule has 4 aromatic rings. The highest BCUT2D eigenvalue weighted by molar-refractivity contribution is 9.10. The van der Waals surface area contributed by atoms with Gasteiger partial charge in [-0.15, -0.1) is 0 Å². The topological polar surface area (TPSA) is 68.7 Å². The molecule has 4 rings (SSSR count). The van der Waals surface area contributed by atoms with Crippen LogP contribution in [0.15, 0.2) is 113 Å². The lowest BCUT2D eigenvalue weighted by atomic mass is 9.97. The molecule has 172 valence electrons. The minimum atomic E-state index is -0.303. The second-order valence-corrected chi connectivity index (χ2v) is 8.56. The molecule has 0 saturated carbocycles. The van der Waals surface area contributed by atoms with E-state index >= 15 is 0 Å². The first kappa shape index (κ1) is 23.5. The van der Waals surface area contributed by atoms with Gasteiger partial charge >= 0.3 is 0 Å². The SMILES string of the molecule is Oc1ccc(Br)cc1/C(C[C@@H](NNc1ccccc1)c1ccc(F)cc1)=N/Nc1ccccc1. The van der Waals surface area contributed by atoms with Crippen LogP contribution < -0.4 is 16.3 Å². The lowest BCUT2D eigenvalue weighted by Gasteiger charge is -2.22. The van der Waals surface area contributed by atoms with Gasteiger partial charge in [-0.25, -0.2) is 9.82 Å². The Morgan fingerprint density at radius 1 is 0.853 bits per heavy atom. The van der Waals surface area contributed by atoms with Crippen molar-refractivity contribution in [1.29, 1.82) is 0 Å². The number of nitrogens with one attached hydrogen (secondary N) is 3. The molecule has 0 heterocycles. The molecule has 4 N–H and O–H groups in total. The van der Waals surface area contributed by atoms with Crippen LogP contribution in [0.1, 0.15) is 23.6 Å². The Morgan fingerprint density at radius 3 is 2.18 bits per heavy atom. The maximum atomic E-state index is 13.6. The molecule has 0 bridgehead atoms. The zero-order valence-corrected chi connectivity index (χ0v) is 19.8. The van der Waals surface area contributed by atoms with Gasteiger partial charge in [0.2, 0.25) is 0 Å². The van der Waals surface area contributed by atoms with Crippen molar-refractivity contribution < 1.29 is 9.50 Å². The van der Waals surface area contributed by atoms with Crippen LogP contribution in [0, 0.1) is 5.82 Å². The van der Waals surface area contributed by atoms with Crippen LogP contribution in [-0.4, -0.2) is 10.8 Å². The molecule has 0 aromatic heterocycles. The molecular formula is C27H24BrFN4O. The third kappa shape index (κ3) is 6.43. The highest BCUT2D eigenvalue weighted by Crippen LogP contribution is 2.28. The molecule has 0 amide bonds. The van der Waals surface area contributed by atoms with E-state index in [1.165, 1.54) is 12.1 Å². The second-order valence-electron chi connectivity index (χ2n) is 7.64. The summed E-state index contributed by atoms with van der Waals surface area (Å²) in [5, 5.41) is 15.3. The van der Waals surface area contributed by atoms with Crippen molar-refractivity contribution in [2.75, 3.05) is 10.9 Å².